The van der Waals surface area contributed by atoms with Gasteiger partial charge in [-0.1, -0.05) is 40.7 Å². The van der Waals surface area contributed by atoms with E-state index in [1.54, 1.807) is 12.1 Å². The maximum Gasteiger partial charge on any atom is 0.175 e. The number of nitriles is 1. The molecule has 0 N–H and O–H groups in total. The average molecular weight is 279 g/mol. The molecule has 0 aliphatic rings. The van der Waals surface area contributed by atoms with Gasteiger partial charge in [-0.15, -0.1) is 0 Å². The summed E-state index contributed by atoms with van der Waals surface area (Å²) in [6.45, 7) is 10.3. The predicted molar refractivity (Wildman–Crippen MR) is 76.7 cm³/mol. The van der Waals surface area contributed by atoms with Crippen molar-refractivity contribution < 1.29 is 8.42 Å². The Kier molecular flexibility index (Phi) is 3.84. The van der Waals surface area contributed by atoms with Crippen molar-refractivity contribution in [2.24, 2.45) is 5.41 Å². The van der Waals surface area contributed by atoms with Crippen molar-refractivity contribution in [3.05, 3.63) is 29.3 Å². The van der Waals surface area contributed by atoms with Crippen LogP contribution in [0.4, 0.5) is 0 Å². The van der Waals surface area contributed by atoms with Crippen LogP contribution in [-0.4, -0.2) is 14.7 Å². The van der Waals surface area contributed by atoms with Gasteiger partial charge >= 0.3 is 0 Å². The molecular weight excluding hydrogens is 258 g/mol. The Hall–Kier alpha value is -1.34. The van der Waals surface area contributed by atoms with Crippen molar-refractivity contribution in [2.75, 3.05) is 6.26 Å². The van der Waals surface area contributed by atoms with Crippen LogP contribution in [0.2, 0.25) is 0 Å². The molecule has 0 amide bonds. The smallest absolute Gasteiger partial charge is 0.175 e. The Balaban J connectivity index is 3.68. The van der Waals surface area contributed by atoms with Crippen molar-refractivity contribution in [3.63, 3.8) is 0 Å². The lowest BCUT2D eigenvalue weighted by Crippen LogP contribution is -2.35. The second-order valence-electron chi connectivity index (χ2n) is 6.47. The molecule has 1 aromatic carbocycles. The molecule has 0 atom stereocenters. The molecule has 0 unspecified atom stereocenters. The summed E-state index contributed by atoms with van der Waals surface area (Å²) in [7, 11) is -3.36. The highest BCUT2D eigenvalue weighted by atomic mass is 32.2. The topological polar surface area (TPSA) is 57.9 Å². The van der Waals surface area contributed by atoms with Crippen molar-refractivity contribution >= 4 is 9.84 Å². The van der Waals surface area contributed by atoms with E-state index in [-0.39, 0.29) is 15.7 Å². The number of benzene rings is 1. The third-order valence-corrected chi connectivity index (χ3v) is 5.20. The fraction of sp³-hybridized carbons (Fsp3) is 0.533. The van der Waals surface area contributed by atoms with E-state index >= 15 is 0 Å². The van der Waals surface area contributed by atoms with Crippen LogP contribution in [0.25, 0.3) is 0 Å². The average Bonchev–Trinajstić information content (AvgIpc) is 2.25. The van der Waals surface area contributed by atoms with Gasteiger partial charge in [-0.3, -0.25) is 0 Å². The lowest BCUT2D eigenvalue weighted by molar-refractivity contribution is 0.222. The van der Waals surface area contributed by atoms with Crippen LogP contribution in [0, 0.1) is 16.7 Å². The van der Waals surface area contributed by atoms with Gasteiger partial charge in [0.2, 0.25) is 0 Å². The summed E-state index contributed by atoms with van der Waals surface area (Å²) < 4.78 is 24.0. The molecule has 0 aliphatic carbocycles. The Morgan fingerprint density at radius 2 is 1.63 bits per heavy atom. The normalized spacial score (nSPS) is 13.1. The van der Waals surface area contributed by atoms with Crippen LogP contribution in [0.1, 0.15) is 45.7 Å². The van der Waals surface area contributed by atoms with Gasteiger partial charge in [0.15, 0.2) is 9.84 Å². The zero-order chi connectivity index (χ0) is 15.1. The quantitative estimate of drug-likeness (QED) is 0.834. The third-order valence-electron chi connectivity index (χ3n) is 4.06. The molecule has 0 aromatic heterocycles. The van der Waals surface area contributed by atoms with Gasteiger partial charge in [-0.2, -0.15) is 5.26 Å². The fourth-order valence-corrected chi connectivity index (χ4v) is 2.88. The Labute approximate surface area is 116 Å². The maximum atomic E-state index is 12.0. The van der Waals surface area contributed by atoms with E-state index in [0.29, 0.717) is 5.56 Å². The summed E-state index contributed by atoms with van der Waals surface area (Å²) in [5, 5.41) is 8.94. The number of sulfone groups is 1. The van der Waals surface area contributed by atoms with Gasteiger partial charge < -0.3 is 0 Å². The van der Waals surface area contributed by atoms with E-state index in [1.807, 2.05) is 19.9 Å². The van der Waals surface area contributed by atoms with Crippen LogP contribution < -0.4 is 0 Å². The van der Waals surface area contributed by atoms with Gasteiger partial charge in [0.1, 0.15) is 0 Å². The number of rotatable bonds is 2. The van der Waals surface area contributed by atoms with Gasteiger partial charge in [0, 0.05) is 6.26 Å². The molecule has 1 aromatic rings. The molecule has 0 fully saturated rings. The van der Waals surface area contributed by atoms with Crippen LogP contribution in [0.5, 0.6) is 0 Å². The Morgan fingerprint density at radius 1 is 1.11 bits per heavy atom. The zero-order valence-electron chi connectivity index (χ0n) is 12.4. The van der Waals surface area contributed by atoms with E-state index in [2.05, 4.69) is 20.8 Å². The molecule has 0 spiro atoms. The first kappa shape index (κ1) is 15.7. The molecule has 0 bridgehead atoms. The highest BCUT2D eigenvalue weighted by Gasteiger charge is 2.37. The lowest BCUT2D eigenvalue weighted by Gasteiger charge is -2.40. The first-order chi connectivity index (χ1) is 8.41. The van der Waals surface area contributed by atoms with E-state index in [9.17, 15) is 8.42 Å². The Bertz CT molecular complexity index is 629. The maximum absolute atomic E-state index is 12.0. The van der Waals surface area contributed by atoms with Gasteiger partial charge in [0.25, 0.3) is 0 Å². The molecule has 0 aliphatic heterocycles. The summed E-state index contributed by atoms with van der Waals surface area (Å²) in [4.78, 5) is 0.256. The minimum Gasteiger partial charge on any atom is -0.224 e. The molecule has 0 saturated carbocycles. The summed E-state index contributed by atoms with van der Waals surface area (Å²) in [6, 6.07) is 6.90. The Morgan fingerprint density at radius 3 is 2.00 bits per heavy atom. The van der Waals surface area contributed by atoms with Gasteiger partial charge in [-0.25, -0.2) is 8.42 Å². The number of hydrogen-bond acceptors (Lipinski definition) is 3. The van der Waals surface area contributed by atoms with E-state index in [4.69, 9.17) is 5.26 Å². The molecule has 0 saturated heterocycles. The minimum absolute atomic E-state index is 0.0966. The van der Waals surface area contributed by atoms with Crippen molar-refractivity contribution in [1.29, 1.82) is 5.26 Å². The van der Waals surface area contributed by atoms with E-state index in [1.165, 1.54) is 12.3 Å². The first-order valence-corrected chi connectivity index (χ1v) is 8.05. The highest BCUT2D eigenvalue weighted by Crippen LogP contribution is 2.43. The monoisotopic (exact) mass is 279 g/mol. The number of nitrogens with zero attached hydrogens (tertiary/aromatic N) is 1. The number of hydrogen-bond donors (Lipinski definition) is 0. The van der Waals surface area contributed by atoms with Crippen molar-refractivity contribution in [1.82, 2.24) is 0 Å². The molecule has 3 nitrogen and oxygen atoms in total. The van der Waals surface area contributed by atoms with Crippen molar-refractivity contribution in [2.45, 2.75) is 44.9 Å². The molecule has 104 valence electrons. The lowest BCUT2D eigenvalue weighted by atomic mass is 9.65. The summed E-state index contributed by atoms with van der Waals surface area (Å²) in [5.74, 6) is 0. The predicted octanol–water partition coefficient (Wildman–Crippen LogP) is 3.29. The molecule has 0 heterocycles. The second kappa shape index (κ2) is 4.64. The van der Waals surface area contributed by atoms with Crippen LogP contribution in [0.3, 0.4) is 0 Å². The van der Waals surface area contributed by atoms with Gasteiger partial charge in [-0.05, 0) is 28.5 Å². The van der Waals surface area contributed by atoms with E-state index in [0.717, 1.165) is 5.56 Å². The SMILES string of the molecule is CC(C)(C)C(C)(C)c1ccc(C#N)cc1S(C)(=O)=O. The van der Waals surface area contributed by atoms with Crippen molar-refractivity contribution in [3.8, 4) is 6.07 Å². The van der Waals surface area contributed by atoms with E-state index < -0.39 is 9.84 Å². The standard InChI is InChI=1S/C15H21NO2S/c1-14(2,3)15(4,5)12-8-7-11(10-16)9-13(12)19(6,17)18/h7-9H,1-6H3. The molecule has 19 heavy (non-hydrogen) atoms. The summed E-state index contributed by atoms with van der Waals surface area (Å²) in [5.41, 5.74) is 0.718. The molecule has 4 heteroatoms. The minimum atomic E-state index is -3.36. The molecule has 0 radical (unpaired) electrons. The van der Waals surface area contributed by atoms with Crippen LogP contribution in [0.15, 0.2) is 23.1 Å². The molecule has 1 rings (SSSR count). The first-order valence-electron chi connectivity index (χ1n) is 6.16. The highest BCUT2D eigenvalue weighted by molar-refractivity contribution is 7.90. The zero-order valence-corrected chi connectivity index (χ0v) is 13.2. The molecular formula is C15H21NO2S. The summed E-state index contributed by atoms with van der Waals surface area (Å²) in [6.07, 6.45) is 1.19. The largest absolute Gasteiger partial charge is 0.224 e. The van der Waals surface area contributed by atoms with Crippen LogP contribution in [-0.2, 0) is 15.3 Å². The third kappa shape index (κ3) is 2.98. The second-order valence-corrected chi connectivity index (χ2v) is 8.45. The fourth-order valence-electron chi connectivity index (χ4n) is 1.82. The van der Waals surface area contributed by atoms with Gasteiger partial charge in [0.05, 0.1) is 16.5 Å². The van der Waals surface area contributed by atoms with Crippen LogP contribution >= 0.6 is 0 Å². The summed E-state index contributed by atoms with van der Waals surface area (Å²) >= 11 is 0.